The fraction of sp³-hybridized carbons (Fsp3) is 0.304. The molecule has 2 aromatic carbocycles. The number of nitrogens with one attached hydrogen (secondary N) is 1. The second-order valence-electron chi connectivity index (χ2n) is 7.57. The van der Waals surface area contributed by atoms with Crippen LogP contribution in [0.5, 0.6) is 0 Å². The minimum atomic E-state index is -4.51. The molecule has 0 bridgehead atoms. The van der Waals surface area contributed by atoms with E-state index in [0.29, 0.717) is 35.4 Å². The lowest BCUT2D eigenvalue weighted by Crippen LogP contribution is -2.37. The number of carbonyl (C=O) groups excluding carboxylic acids is 1. The molecule has 11 heteroatoms. The number of hydrogen-bond donors (Lipinski definition) is 2. The van der Waals surface area contributed by atoms with Gasteiger partial charge >= 0.3 is 12.2 Å². The molecule has 0 unspecified atom stereocenters. The molecule has 3 aromatic rings. The van der Waals surface area contributed by atoms with Crippen molar-refractivity contribution >= 4 is 39.8 Å². The van der Waals surface area contributed by atoms with Crippen molar-refractivity contribution in [3.63, 3.8) is 0 Å². The number of amides is 2. The SMILES string of the molecule is CN(CCO)CCCN(C(=O)Nc1cccc(C(F)(F)F)c1)c1nc(-c2cccc(Cl)c2)cs1. The van der Waals surface area contributed by atoms with Crippen molar-refractivity contribution in [2.75, 3.05) is 43.5 Å². The predicted octanol–water partition coefficient (Wildman–Crippen LogP) is 5.84. The van der Waals surface area contributed by atoms with Crippen LogP contribution in [0, 0.1) is 0 Å². The maximum Gasteiger partial charge on any atom is 0.416 e. The first-order chi connectivity index (χ1) is 16.2. The van der Waals surface area contributed by atoms with Gasteiger partial charge in [-0.05, 0) is 50.3 Å². The summed E-state index contributed by atoms with van der Waals surface area (Å²) in [6.45, 7) is 1.40. The van der Waals surface area contributed by atoms with Crippen molar-refractivity contribution in [3.8, 4) is 11.3 Å². The van der Waals surface area contributed by atoms with Gasteiger partial charge in [0.25, 0.3) is 0 Å². The Bertz CT molecular complexity index is 1110. The largest absolute Gasteiger partial charge is 0.416 e. The molecule has 0 aliphatic rings. The molecule has 0 atom stereocenters. The fourth-order valence-electron chi connectivity index (χ4n) is 3.20. The summed E-state index contributed by atoms with van der Waals surface area (Å²) in [5.41, 5.74) is 0.612. The number of thiazole rings is 1. The highest BCUT2D eigenvalue weighted by Gasteiger charge is 2.30. The Morgan fingerprint density at radius 1 is 1.15 bits per heavy atom. The molecule has 2 amide bonds. The Morgan fingerprint density at radius 2 is 1.91 bits per heavy atom. The Morgan fingerprint density at radius 3 is 2.62 bits per heavy atom. The van der Waals surface area contributed by atoms with Crippen molar-refractivity contribution in [3.05, 3.63) is 64.5 Å². The molecule has 182 valence electrons. The van der Waals surface area contributed by atoms with E-state index in [1.165, 1.54) is 28.4 Å². The van der Waals surface area contributed by atoms with Crippen molar-refractivity contribution in [1.29, 1.82) is 0 Å². The van der Waals surface area contributed by atoms with Crippen molar-refractivity contribution in [1.82, 2.24) is 9.88 Å². The van der Waals surface area contributed by atoms with Gasteiger partial charge in [-0.3, -0.25) is 4.90 Å². The normalized spacial score (nSPS) is 11.6. The van der Waals surface area contributed by atoms with E-state index in [1.807, 2.05) is 18.0 Å². The zero-order valence-electron chi connectivity index (χ0n) is 18.3. The Labute approximate surface area is 204 Å². The summed E-state index contributed by atoms with van der Waals surface area (Å²) in [4.78, 5) is 21.0. The number of halogens is 4. The number of rotatable bonds is 9. The molecule has 2 N–H and O–H groups in total. The summed E-state index contributed by atoms with van der Waals surface area (Å²) in [6.07, 6.45) is -3.95. The number of carbonyl (C=O) groups is 1. The summed E-state index contributed by atoms with van der Waals surface area (Å²) >= 11 is 7.32. The molecule has 1 heterocycles. The van der Waals surface area contributed by atoms with E-state index in [9.17, 15) is 18.0 Å². The molecule has 0 aliphatic carbocycles. The third kappa shape index (κ3) is 7.17. The van der Waals surface area contributed by atoms with E-state index in [1.54, 1.807) is 23.6 Å². The number of likely N-dealkylation sites (N-methyl/N-ethyl adjacent to an activating group) is 1. The van der Waals surface area contributed by atoms with Crippen molar-refractivity contribution in [2.45, 2.75) is 12.6 Å². The zero-order valence-corrected chi connectivity index (χ0v) is 19.9. The standard InChI is InChI=1S/C23H24ClF3N4O2S/c1-30(11-12-32)9-4-10-31(21(33)28-19-8-3-6-17(14-19)23(25,26)27)22-29-20(15-34-22)16-5-2-7-18(24)13-16/h2-3,5-8,13-15,32H,4,9-12H2,1H3,(H,28,33). The number of alkyl halides is 3. The van der Waals surface area contributed by atoms with Crippen LogP contribution in [0.15, 0.2) is 53.9 Å². The maximum atomic E-state index is 13.1. The van der Waals surface area contributed by atoms with Crippen LogP contribution in [0.1, 0.15) is 12.0 Å². The summed E-state index contributed by atoms with van der Waals surface area (Å²) in [7, 11) is 1.85. The first-order valence-electron chi connectivity index (χ1n) is 10.4. The van der Waals surface area contributed by atoms with Gasteiger partial charge in [-0.1, -0.05) is 29.8 Å². The minimum absolute atomic E-state index is 0.0196. The summed E-state index contributed by atoms with van der Waals surface area (Å²) in [6, 6.07) is 11.1. The highest BCUT2D eigenvalue weighted by Crippen LogP contribution is 2.32. The molecule has 0 aliphatic heterocycles. The molecule has 1 aromatic heterocycles. The van der Waals surface area contributed by atoms with Gasteiger partial charge in [-0.25, -0.2) is 9.78 Å². The first kappa shape index (κ1) is 26.0. The molecule has 0 radical (unpaired) electrons. The molecule has 0 fully saturated rings. The molecular formula is C23H24ClF3N4O2S. The predicted molar refractivity (Wildman–Crippen MR) is 130 cm³/mol. The van der Waals surface area contributed by atoms with Gasteiger partial charge in [0.15, 0.2) is 5.13 Å². The lowest BCUT2D eigenvalue weighted by atomic mass is 10.2. The summed E-state index contributed by atoms with van der Waals surface area (Å²) in [5, 5.41) is 14.4. The van der Waals surface area contributed by atoms with Gasteiger partial charge in [-0.15, -0.1) is 11.3 Å². The van der Waals surface area contributed by atoms with E-state index in [2.05, 4.69) is 10.3 Å². The van der Waals surface area contributed by atoms with E-state index in [0.717, 1.165) is 17.7 Å². The molecule has 3 rings (SSSR count). The van der Waals surface area contributed by atoms with E-state index < -0.39 is 17.8 Å². The molecule has 0 saturated carbocycles. The monoisotopic (exact) mass is 512 g/mol. The number of benzene rings is 2. The van der Waals surface area contributed by atoms with Gasteiger partial charge in [-0.2, -0.15) is 13.2 Å². The average Bonchev–Trinajstić information content (AvgIpc) is 3.26. The quantitative estimate of drug-likeness (QED) is 0.378. The van der Waals surface area contributed by atoms with Crippen LogP contribution in [0.3, 0.4) is 0 Å². The number of urea groups is 1. The van der Waals surface area contributed by atoms with Crippen LogP contribution in [-0.4, -0.2) is 54.3 Å². The molecular weight excluding hydrogens is 489 g/mol. The number of nitrogens with zero attached hydrogens (tertiary/aromatic N) is 3. The summed E-state index contributed by atoms with van der Waals surface area (Å²) < 4.78 is 39.2. The highest BCUT2D eigenvalue weighted by atomic mass is 35.5. The van der Waals surface area contributed by atoms with Crippen LogP contribution in [0.25, 0.3) is 11.3 Å². The Hall–Kier alpha value is -2.66. The van der Waals surface area contributed by atoms with Gasteiger partial charge in [0.05, 0.1) is 17.9 Å². The molecule has 0 saturated heterocycles. The van der Waals surface area contributed by atoms with Gasteiger partial charge < -0.3 is 15.3 Å². The van der Waals surface area contributed by atoms with Crippen LogP contribution < -0.4 is 10.2 Å². The fourth-order valence-corrected chi connectivity index (χ4v) is 4.25. The third-order valence-electron chi connectivity index (χ3n) is 4.93. The molecule has 34 heavy (non-hydrogen) atoms. The number of aliphatic hydroxyl groups excluding tert-OH is 1. The number of anilines is 2. The lowest BCUT2D eigenvalue weighted by molar-refractivity contribution is -0.137. The van der Waals surface area contributed by atoms with Gasteiger partial charge in [0, 0.05) is 34.7 Å². The van der Waals surface area contributed by atoms with E-state index in [4.69, 9.17) is 16.7 Å². The highest BCUT2D eigenvalue weighted by molar-refractivity contribution is 7.14. The average molecular weight is 513 g/mol. The second-order valence-corrected chi connectivity index (χ2v) is 8.84. The van der Waals surface area contributed by atoms with E-state index in [-0.39, 0.29) is 18.8 Å². The molecule has 0 spiro atoms. The molecule has 6 nitrogen and oxygen atoms in total. The van der Waals surface area contributed by atoms with Crippen LogP contribution in [0.2, 0.25) is 5.02 Å². The first-order valence-corrected chi connectivity index (χ1v) is 11.7. The van der Waals surface area contributed by atoms with Crippen LogP contribution in [0.4, 0.5) is 28.8 Å². The Kier molecular flexibility index (Phi) is 8.90. The maximum absolute atomic E-state index is 13.1. The lowest BCUT2D eigenvalue weighted by Gasteiger charge is -2.22. The Balaban J connectivity index is 1.81. The third-order valence-corrected chi connectivity index (χ3v) is 6.03. The summed E-state index contributed by atoms with van der Waals surface area (Å²) in [5.74, 6) is 0. The van der Waals surface area contributed by atoms with Gasteiger partial charge in [0.2, 0.25) is 0 Å². The number of aromatic nitrogens is 1. The second kappa shape index (κ2) is 11.7. The number of aliphatic hydroxyl groups is 1. The van der Waals surface area contributed by atoms with Gasteiger partial charge in [0.1, 0.15) is 0 Å². The van der Waals surface area contributed by atoms with E-state index >= 15 is 0 Å². The minimum Gasteiger partial charge on any atom is -0.395 e. The number of hydrogen-bond acceptors (Lipinski definition) is 5. The van der Waals surface area contributed by atoms with Crippen molar-refractivity contribution < 1.29 is 23.1 Å². The van der Waals surface area contributed by atoms with Crippen LogP contribution >= 0.6 is 22.9 Å². The topological polar surface area (TPSA) is 68.7 Å². The van der Waals surface area contributed by atoms with Crippen LogP contribution in [-0.2, 0) is 6.18 Å². The zero-order chi connectivity index (χ0) is 24.7. The van der Waals surface area contributed by atoms with Crippen molar-refractivity contribution in [2.24, 2.45) is 0 Å². The smallest absolute Gasteiger partial charge is 0.395 e.